The van der Waals surface area contributed by atoms with Crippen molar-refractivity contribution in [2.45, 2.75) is 6.42 Å². The van der Waals surface area contributed by atoms with Crippen molar-refractivity contribution in [3.8, 4) is 16.5 Å². The minimum atomic E-state index is -0.282. The van der Waals surface area contributed by atoms with Gasteiger partial charge in [-0.2, -0.15) is 5.26 Å². The number of carbonyl (C=O) groups is 1. The molecule has 1 amide bonds. The molecule has 1 aromatic carbocycles. The van der Waals surface area contributed by atoms with Gasteiger partial charge in [0.15, 0.2) is 0 Å². The molecule has 0 spiro atoms. The van der Waals surface area contributed by atoms with E-state index in [1.165, 1.54) is 0 Å². The van der Waals surface area contributed by atoms with Crippen LogP contribution in [0.5, 0.6) is 0 Å². The molecule has 0 radical (unpaired) electrons. The van der Waals surface area contributed by atoms with E-state index < -0.39 is 0 Å². The predicted octanol–water partition coefficient (Wildman–Crippen LogP) is 3.27. The van der Waals surface area contributed by atoms with Crippen molar-refractivity contribution in [1.29, 1.82) is 5.26 Å². The fraction of sp³-hybridized carbons (Fsp3) is 0.0769. The largest absolute Gasteiger partial charge is 0.325 e. The van der Waals surface area contributed by atoms with Gasteiger partial charge in [0.25, 0.3) is 0 Å². The molecule has 0 aliphatic heterocycles. The zero-order valence-corrected chi connectivity index (χ0v) is 9.83. The molecule has 0 unspecified atom stereocenters. The van der Waals surface area contributed by atoms with E-state index in [4.69, 9.17) is 5.26 Å². The molecule has 1 aromatic heterocycles. The Kier molecular flexibility index (Phi) is 3.53. The van der Waals surface area contributed by atoms with Gasteiger partial charge in [-0.1, -0.05) is 18.2 Å². The molecule has 4 heteroatoms. The van der Waals surface area contributed by atoms with Crippen LogP contribution in [0.1, 0.15) is 6.42 Å². The third kappa shape index (κ3) is 2.92. The minimum Gasteiger partial charge on any atom is -0.325 e. The van der Waals surface area contributed by atoms with E-state index in [9.17, 15) is 4.79 Å². The van der Waals surface area contributed by atoms with Gasteiger partial charge < -0.3 is 5.32 Å². The van der Waals surface area contributed by atoms with E-state index in [0.29, 0.717) is 0 Å². The summed E-state index contributed by atoms with van der Waals surface area (Å²) in [7, 11) is 0. The fourth-order valence-corrected chi connectivity index (χ4v) is 2.19. The van der Waals surface area contributed by atoms with E-state index >= 15 is 0 Å². The van der Waals surface area contributed by atoms with E-state index in [0.717, 1.165) is 16.1 Å². The molecule has 0 fully saturated rings. The molecule has 84 valence electrons. The van der Waals surface area contributed by atoms with Gasteiger partial charge in [0.1, 0.15) is 6.42 Å². The van der Waals surface area contributed by atoms with E-state index in [-0.39, 0.29) is 12.3 Å². The van der Waals surface area contributed by atoms with Crippen LogP contribution >= 0.6 is 11.3 Å². The summed E-state index contributed by atoms with van der Waals surface area (Å²) in [6.45, 7) is 0. The molecule has 0 aliphatic carbocycles. The van der Waals surface area contributed by atoms with Crippen LogP contribution in [0, 0.1) is 11.3 Å². The van der Waals surface area contributed by atoms with Crippen LogP contribution in [0.2, 0.25) is 0 Å². The smallest absolute Gasteiger partial charge is 0.238 e. The second-order valence-corrected chi connectivity index (χ2v) is 4.39. The highest BCUT2D eigenvalue weighted by atomic mass is 32.1. The topological polar surface area (TPSA) is 52.9 Å². The summed E-state index contributed by atoms with van der Waals surface area (Å²) in [6, 6.07) is 13.4. The lowest BCUT2D eigenvalue weighted by atomic mass is 10.1. The molecular formula is C13H10N2OS. The summed E-state index contributed by atoms with van der Waals surface area (Å²) >= 11 is 1.65. The number of anilines is 1. The molecule has 1 N–H and O–H groups in total. The third-order valence-corrected chi connectivity index (χ3v) is 3.11. The predicted molar refractivity (Wildman–Crippen MR) is 68.6 cm³/mol. The number of amides is 1. The summed E-state index contributed by atoms with van der Waals surface area (Å²) in [6.07, 6.45) is -0.122. The van der Waals surface area contributed by atoms with Gasteiger partial charge in [0.2, 0.25) is 5.91 Å². The second kappa shape index (κ2) is 5.28. The third-order valence-electron chi connectivity index (χ3n) is 2.19. The van der Waals surface area contributed by atoms with Gasteiger partial charge in [-0.05, 0) is 29.1 Å². The lowest BCUT2D eigenvalue weighted by molar-refractivity contribution is -0.115. The Hall–Kier alpha value is -2.12. The van der Waals surface area contributed by atoms with Crippen LogP contribution in [-0.2, 0) is 4.79 Å². The van der Waals surface area contributed by atoms with E-state index in [2.05, 4.69) is 5.32 Å². The Bertz CT molecular complexity index is 555. The lowest BCUT2D eigenvalue weighted by Gasteiger charge is -2.04. The maximum atomic E-state index is 11.3. The van der Waals surface area contributed by atoms with Crippen molar-refractivity contribution < 1.29 is 4.79 Å². The molecule has 0 saturated carbocycles. The first-order valence-electron chi connectivity index (χ1n) is 5.10. The fourth-order valence-electron chi connectivity index (χ4n) is 1.47. The maximum Gasteiger partial charge on any atom is 0.238 e. The van der Waals surface area contributed by atoms with Crippen LogP contribution in [-0.4, -0.2) is 5.91 Å². The zero-order valence-electron chi connectivity index (χ0n) is 9.01. The summed E-state index contributed by atoms with van der Waals surface area (Å²) in [4.78, 5) is 12.4. The summed E-state index contributed by atoms with van der Waals surface area (Å²) in [5, 5.41) is 13.1. The van der Waals surface area contributed by atoms with Crippen LogP contribution in [0.15, 0.2) is 41.8 Å². The molecule has 2 aromatic rings. The van der Waals surface area contributed by atoms with E-state index in [1.54, 1.807) is 11.3 Å². The zero-order chi connectivity index (χ0) is 12.1. The Balaban J connectivity index is 2.18. The van der Waals surface area contributed by atoms with Gasteiger partial charge in [-0.25, -0.2) is 0 Å². The molecule has 3 nitrogen and oxygen atoms in total. The number of benzene rings is 1. The highest BCUT2D eigenvalue weighted by Crippen LogP contribution is 2.26. The molecule has 1 heterocycles. The maximum absolute atomic E-state index is 11.3. The number of nitrogens with one attached hydrogen (secondary N) is 1. The van der Waals surface area contributed by atoms with Gasteiger partial charge in [-0.3, -0.25) is 4.79 Å². The normalized spacial score (nSPS) is 9.59. The summed E-state index contributed by atoms with van der Waals surface area (Å²) in [5.41, 5.74) is 1.78. The van der Waals surface area contributed by atoms with Crippen LogP contribution < -0.4 is 5.32 Å². The lowest BCUT2D eigenvalue weighted by Crippen LogP contribution is -2.09. The average molecular weight is 242 g/mol. The summed E-state index contributed by atoms with van der Waals surface area (Å²) in [5.74, 6) is -0.282. The number of rotatable bonds is 3. The first kappa shape index (κ1) is 11.4. The number of carbonyl (C=O) groups excluding carboxylic acids is 1. The number of nitriles is 1. The molecule has 2 rings (SSSR count). The first-order chi connectivity index (χ1) is 8.29. The Labute approximate surface area is 103 Å². The monoisotopic (exact) mass is 242 g/mol. The Morgan fingerprint density at radius 2 is 2.24 bits per heavy atom. The van der Waals surface area contributed by atoms with Crippen molar-refractivity contribution in [1.82, 2.24) is 0 Å². The van der Waals surface area contributed by atoms with Gasteiger partial charge in [-0.15, -0.1) is 11.3 Å². The number of hydrogen-bond donors (Lipinski definition) is 1. The van der Waals surface area contributed by atoms with Crippen molar-refractivity contribution in [2.75, 3.05) is 5.32 Å². The van der Waals surface area contributed by atoms with Crippen LogP contribution in [0.3, 0.4) is 0 Å². The van der Waals surface area contributed by atoms with E-state index in [1.807, 2.05) is 47.8 Å². The average Bonchev–Trinajstić information content (AvgIpc) is 2.83. The van der Waals surface area contributed by atoms with Crippen molar-refractivity contribution in [3.63, 3.8) is 0 Å². The summed E-state index contributed by atoms with van der Waals surface area (Å²) < 4.78 is 0. The van der Waals surface area contributed by atoms with Gasteiger partial charge in [0.05, 0.1) is 6.07 Å². The van der Waals surface area contributed by atoms with Crippen LogP contribution in [0.25, 0.3) is 10.4 Å². The van der Waals surface area contributed by atoms with Crippen molar-refractivity contribution in [3.05, 3.63) is 41.8 Å². The van der Waals surface area contributed by atoms with Crippen molar-refractivity contribution in [2.24, 2.45) is 0 Å². The SMILES string of the molecule is N#CCC(=O)Nc1cccc(-c2cccs2)c1. The Morgan fingerprint density at radius 3 is 2.94 bits per heavy atom. The second-order valence-electron chi connectivity index (χ2n) is 3.44. The number of thiophene rings is 1. The first-order valence-corrected chi connectivity index (χ1v) is 5.98. The molecule has 0 atom stereocenters. The molecular weight excluding hydrogens is 232 g/mol. The minimum absolute atomic E-state index is 0.122. The standard InChI is InChI=1S/C13H10N2OS/c14-7-6-13(16)15-11-4-1-3-10(9-11)12-5-2-8-17-12/h1-5,8-9H,6H2,(H,15,16). The Morgan fingerprint density at radius 1 is 1.35 bits per heavy atom. The number of nitrogens with zero attached hydrogens (tertiary/aromatic N) is 1. The quantitative estimate of drug-likeness (QED) is 0.898. The molecule has 0 saturated heterocycles. The molecule has 17 heavy (non-hydrogen) atoms. The number of hydrogen-bond acceptors (Lipinski definition) is 3. The van der Waals surface area contributed by atoms with Gasteiger partial charge in [0, 0.05) is 10.6 Å². The highest BCUT2D eigenvalue weighted by Gasteiger charge is 2.03. The van der Waals surface area contributed by atoms with Crippen molar-refractivity contribution >= 4 is 22.9 Å². The molecule has 0 aliphatic rings. The molecule has 0 bridgehead atoms. The van der Waals surface area contributed by atoms with Gasteiger partial charge >= 0.3 is 0 Å². The van der Waals surface area contributed by atoms with Crippen LogP contribution in [0.4, 0.5) is 5.69 Å². The highest BCUT2D eigenvalue weighted by molar-refractivity contribution is 7.13.